The summed E-state index contributed by atoms with van der Waals surface area (Å²) < 4.78 is 12.4. The summed E-state index contributed by atoms with van der Waals surface area (Å²) in [5.74, 6) is 0.697. The Kier molecular flexibility index (Phi) is 3.69. The van der Waals surface area contributed by atoms with Crippen molar-refractivity contribution in [1.82, 2.24) is 9.38 Å². The smallest absolute Gasteiger partial charge is 0.271 e. The number of hydrogen-bond acceptors (Lipinski definition) is 6. The molecule has 0 aliphatic carbocycles. The minimum atomic E-state index is -0.508. The van der Waals surface area contributed by atoms with E-state index in [1.807, 2.05) is 13.8 Å². The zero-order chi connectivity index (χ0) is 17.6. The van der Waals surface area contributed by atoms with E-state index in [0.717, 1.165) is 10.6 Å². The molecule has 25 heavy (non-hydrogen) atoms. The number of benzene rings is 1. The predicted octanol–water partition coefficient (Wildman–Crippen LogP) is 2.40. The average Bonchev–Trinajstić information content (AvgIpc) is 2.90. The molecule has 1 N–H and O–H groups in total. The highest BCUT2D eigenvalue weighted by Crippen LogP contribution is 2.32. The summed E-state index contributed by atoms with van der Waals surface area (Å²) >= 11 is 1.42. The van der Waals surface area contributed by atoms with Crippen LogP contribution >= 0.6 is 11.3 Å². The molecule has 2 aromatic heterocycles. The number of aromatic nitrogens is 2. The molecule has 7 nitrogen and oxygen atoms in total. The lowest BCUT2D eigenvalue weighted by atomic mass is 10.2. The van der Waals surface area contributed by atoms with Gasteiger partial charge in [0.25, 0.3) is 11.5 Å². The summed E-state index contributed by atoms with van der Waals surface area (Å²) in [6.07, 6.45) is 1.32. The first-order valence-corrected chi connectivity index (χ1v) is 8.55. The van der Waals surface area contributed by atoms with E-state index in [4.69, 9.17) is 9.47 Å². The fourth-order valence-electron chi connectivity index (χ4n) is 2.65. The lowest BCUT2D eigenvalue weighted by molar-refractivity contribution is 0.102. The van der Waals surface area contributed by atoms with Gasteiger partial charge in [-0.15, -0.1) is 11.3 Å². The molecule has 128 valence electrons. The van der Waals surface area contributed by atoms with Gasteiger partial charge in [-0.3, -0.25) is 14.0 Å². The van der Waals surface area contributed by atoms with Gasteiger partial charge in [0.05, 0.1) is 0 Å². The van der Waals surface area contributed by atoms with Gasteiger partial charge in [0.2, 0.25) is 0 Å². The molecule has 1 aliphatic rings. The molecular formula is C17H15N3O4S. The molecule has 0 spiro atoms. The van der Waals surface area contributed by atoms with E-state index in [0.29, 0.717) is 35.4 Å². The van der Waals surface area contributed by atoms with Crippen LogP contribution in [0.4, 0.5) is 5.69 Å². The van der Waals surface area contributed by atoms with Crippen LogP contribution in [0.2, 0.25) is 0 Å². The summed E-state index contributed by atoms with van der Waals surface area (Å²) in [5.41, 5.74) is 0.943. The Bertz CT molecular complexity index is 1050. The Morgan fingerprint density at radius 1 is 1.24 bits per heavy atom. The third-order valence-electron chi connectivity index (χ3n) is 4.06. The number of ether oxygens (including phenoxy) is 2. The second kappa shape index (κ2) is 5.89. The minimum absolute atomic E-state index is 0.00621. The van der Waals surface area contributed by atoms with Crippen LogP contribution in [0, 0.1) is 13.8 Å². The van der Waals surface area contributed by atoms with Crippen LogP contribution in [0.5, 0.6) is 11.5 Å². The van der Waals surface area contributed by atoms with Crippen LogP contribution in [-0.4, -0.2) is 28.5 Å². The van der Waals surface area contributed by atoms with Gasteiger partial charge in [-0.2, -0.15) is 0 Å². The van der Waals surface area contributed by atoms with Gasteiger partial charge < -0.3 is 14.8 Å². The summed E-state index contributed by atoms with van der Waals surface area (Å²) in [6.45, 7) is 4.72. The number of nitrogens with one attached hydrogen (secondary N) is 1. The number of carbonyl (C=O) groups excluding carboxylic acids is 1. The van der Waals surface area contributed by atoms with Crippen molar-refractivity contribution in [1.29, 1.82) is 0 Å². The van der Waals surface area contributed by atoms with Crippen LogP contribution in [0.3, 0.4) is 0 Å². The van der Waals surface area contributed by atoms with Crippen LogP contribution < -0.4 is 20.3 Å². The van der Waals surface area contributed by atoms with Crippen molar-refractivity contribution in [2.45, 2.75) is 13.8 Å². The van der Waals surface area contributed by atoms with Gasteiger partial charge in [-0.25, -0.2) is 4.98 Å². The minimum Gasteiger partial charge on any atom is -0.486 e. The van der Waals surface area contributed by atoms with Gasteiger partial charge in [-0.05, 0) is 26.0 Å². The van der Waals surface area contributed by atoms with Gasteiger partial charge in [0.1, 0.15) is 18.8 Å². The fraction of sp³-hybridized carbons (Fsp3) is 0.235. The molecule has 4 rings (SSSR count). The van der Waals surface area contributed by atoms with E-state index in [1.165, 1.54) is 21.9 Å². The molecule has 0 atom stereocenters. The third-order valence-corrected chi connectivity index (χ3v) is 5.13. The average molecular weight is 357 g/mol. The molecule has 1 aromatic carbocycles. The van der Waals surface area contributed by atoms with E-state index in [-0.39, 0.29) is 11.1 Å². The maximum absolute atomic E-state index is 12.7. The highest BCUT2D eigenvalue weighted by molar-refractivity contribution is 7.17. The first-order chi connectivity index (χ1) is 12.0. The molecule has 0 unspecified atom stereocenters. The van der Waals surface area contributed by atoms with Crippen molar-refractivity contribution < 1.29 is 14.3 Å². The van der Waals surface area contributed by atoms with E-state index in [1.54, 1.807) is 18.2 Å². The Morgan fingerprint density at radius 2 is 2.00 bits per heavy atom. The highest BCUT2D eigenvalue weighted by atomic mass is 32.1. The lowest BCUT2D eigenvalue weighted by Gasteiger charge is -2.18. The van der Waals surface area contributed by atoms with Crippen LogP contribution in [0.15, 0.2) is 29.2 Å². The molecule has 0 bridgehead atoms. The highest BCUT2D eigenvalue weighted by Gasteiger charge is 2.18. The molecule has 0 fully saturated rings. The van der Waals surface area contributed by atoms with Gasteiger partial charge in [0, 0.05) is 28.5 Å². The largest absolute Gasteiger partial charge is 0.486 e. The van der Waals surface area contributed by atoms with E-state index >= 15 is 0 Å². The first kappa shape index (κ1) is 15.6. The second-order valence-electron chi connectivity index (χ2n) is 5.65. The number of rotatable bonds is 2. The first-order valence-electron chi connectivity index (χ1n) is 7.73. The van der Waals surface area contributed by atoms with Gasteiger partial charge in [-0.1, -0.05) is 0 Å². The number of nitrogens with zero attached hydrogens (tertiary/aromatic N) is 2. The maximum atomic E-state index is 12.7. The topological polar surface area (TPSA) is 81.9 Å². The van der Waals surface area contributed by atoms with Crippen molar-refractivity contribution in [2.75, 3.05) is 18.5 Å². The zero-order valence-corrected chi connectivity index (χ0v) is 14.5. The van der Waals surface area contributed by atoms with Crippen molar-refractivity contribution in [2.24, 2.45) is 0 Å². The van der Waals surface area contributed by atoms with Crippen molar-refractivity contribution in [3.05, 3.63) is 50.9 Å². The molecule has 3 aromatic rings. The molecular weight excluding hydrogens is 342 g/mol. The second-order valence-corrected chi connectivity index (χ2v) is 6.83. The molecule has 0 saturated heterocycles. The number of anilines is 1. The van der Waals surface area contributed by atoms with Crippen LogP contribution in [0.25, 0.3) is 4.96 Å². The molecule has 3 heterocycles. The number of hydrogen-bond donors (Lipinski definition) is 1. The number of aryl methyl sites for hydroxylation is 2. The summed E-state index contributed by atoms with van der Waals surface area (Å²) in [7, 11) is 0. The Labute approximate surface area is 146 Å². The quantitative estimate of drug-likeness (QED) is 0.762. The van der Waals surface area contributed by atoms with Gasteiger partial charge in [0.15, 0.2) is 16.5 Å². The normalized spacial score (nSPS) is 13.0. The number of thiazole rings is 1. The maximum Gasteiger partial charge on any atom is 0.271 e. The summed E-state index contributed by atoms with van der Waals surface area (Å²) in [6, 6.07) is 5.11. The summed E-state index contributed by atoms with van der Waals surface area (Å²) in [4.78, 5) is 31.0. The molecule has 0 saturated carbocycles. The van der Waals surface area contributed by atoms with Crippen LogP contribution in [0.1, 0.15) is 20.9 Å². The standard InChI is InChI=1S/C17H15N3O4S/c1-9-10(2)25-17-18-8-12(16(22)20(9)17)15(21)19-11-3-4-13-14(7-11)24-6-5-23-13/h3-4,7-8H,5-6H2,1-2H3,(H,19,21). The van der Waals surface area contributed by atoms with E-state index in [2.05, 4.69) is 10.3 Å². The monoisotopic (exact) mass is 357 g/mol. The predicted molar refractivity (Wildman–Crippen MR) is 94.2 cm³/mol. The Balaban J connectivity index is 1.67. The van der Waals surface area contributed by atoms with Crippen molar-refractivity contribution >= 4 is 27.9 Å². The van der Waals surface area contributed by atoms with E-state index < -0.39 is 5.91 Å². The molecule has 0 radical (unpaired) electrons. The Morgan fingerprint density at radius 3 is 2.80 bits per heavy atom. The van der Waals surface area contributed by atoms with Gasteiger partial charge >= 0.3 is 0 Å². The molecule has 8 heteroatoms. The molecule has 1 amide bonds. The number of fused-ring (bicyclic) bond motifs is 2. The third kappa shape index (κ3) is 2.64. The lowest BCUT2D eigenvalue weighted by Crippen LogP contribution is -2.26. The van der Waals surface area contributed by atoms with Crippen molar-refractivity contribution in [3.63, 3.8) is 0 Å². The zero-order valence-electron chi connectivity index (χ0n) is 13.7. The number of carbonyl (C=O) groups is 1. The van der Waals surface area contributed by atoms with Crippen LogP contribution in [-0.2, 0) is 0 Å². The summed E-state index contributed by atoms with van der Waals surface area (Å²) in [5, 5.41) is 2.72. The van der Waals surface area contributed by atoms with E-state index in [9.17, 15) is 9.59 Å². The fourth-order valence-corrected chi connectivity index (χ4v) is 3.58. The van der Waals surface area contributed by atoms with Crippen molar-refractivity contribution in [3.8, 4) is 11.5 Å². The SMILES string of the molecule is Cc1sc2ncc(C(=O)Nc3ccc4c(c3)OCCO4)c(=O)n2c1C. The Hall–Kier alpha value is -2.87. The number of amides is 1. The molecule has 1 aliphatic heterocycles.